The molecule has 0 atom stereocenters. The van der Waals surface area contributed by atoms with Crippen molar-refractivity contribution in [1.29, 1.82) is 0 Å². The molecule has 3 rings (SSSR count). The second kappa shape index (κ2) is 5.36. The first-order chi connectivity index (χ1) is 9.81. The number of nitrogen functional groups attached to an aromatic ring is 1. The topological polar surface area (TPSA) is 76.7 Å². The molecular formula is C15H13N5. The average Bonchev–Trinajstić information content (AvgIpc) is 2.51. The highest BCUT2D eigenvalue weighted by Gasteiger charge is 2.03. The first kappa shape index (κ1) is 12.1. The van der Waals surface area contributed by atoms with Crippen molar-refractivity contribution in [3.8, 4) is 11.4 Å². The van der Waals surface area contributed by atoms with Crippen LogP contribution >= 0.6 is 0 Å². The predicted molar refractivity (Wildman–Crippen MR) is 79.4 cm³/mol. The van der Waals surface area contributed by atoms with Gasteiger partial charge in [0.15, 0.2) is 5.82 Å². The van der Waals surface area contributed by atoms with Gasteiger partial charge in [-0.05, 0) is 24.3 Å². The minimum absolute atomic E-state index is 0.503. The Bertz CT molecular complexity index is 695. The van der Waals surface area contributed by atoms with Crippen LogP contribution in [0.1, 0.15) is 0 Å². The van der Waals surface area contributed by atoms with Gasteiger partial charge in [-0.2, -0.15) is 4.98 Å². The second-order valence-electron chi connectivity index (χ2n) is 4.25. The summed E-state index contributed by atoms with van der Waals surface area (Å²) in [6, 6.07) is 17.2. The quantitative estimate of drug-likeness (QED) is 0.710. The molecule has 0 aliphatic rings. The first-order valence-electron chi connectivity index (χ1n) is 6.18. The molecule has 0 bridgehead atoms. The Labute approximate surface area is 116 Å². The number of nitrogens with two attached hydrogens (primary N) is 1. The highest BCUT2D eigenvalue weighted by molar-refractivity contribution is 5.60. The van der Waals surface area contributed by atoms with Gasteiger partial charge < -0.3 is 11.1 Å². The number of rotatable bonds is 3. The summed E-state index contributed by atoms with van der Waals surface area (Å²) in [5, 5.41) is 3.12. The fraction of sp³-hybridized carbons (Fsp3) is 0. The van der Waals surface area contributed by atoms with Gasteiger partial charge in [-0.15, -0.1) is 0 Å². The summed E-state index contributed by atoms with van der Waals surface area (Å²) in [5.74, 6) is 1.14. The molecule has 20 heavy (non-hydrogen) atoms. The van der Waals surface area contributed by atoms with E-state index in [0.717, 1.165) is 16.9 Å². The van der Waals surface area contributed by atoms with E-state index in [1.54, 1.807) is 0 Å². The normalized spacial score (nSPS) is 10.2. The largest absolute Gasteiger partial charge is 0.399 e. The van der Waals surface area contributed by atoms with Gasteiger partial charge in [-0.25, -0.2) is 9.97 Å². The predicted octanol–water partition coefficient (Wildman–Crippen LogP) is 2.86. The zero-order valence-electron chi connectivity index (χ0n) is 10.7. The van der Waals surface area contributed by atoms with Crippen molar-refractivity contribution < 1.29 is 0 Å². The van der Waals surface area contributed by atoms with E-state index in [9.17, 15) is 0 Å². The summed E-state index contributed by atoms with van der Waals surface area (Å²) in [6.07, 6.45) is 1.50. The van der Waals surface area contributed by atoms with E-state index in [2.05, 4.69) is 20.3 Å². The SMILES string of the molecule is Nc1ccc(Nc2ncnc(-c3ccccc3)n2)cc1. The van der Waals surface area contributed by atoms with Crippen LogP contribution < -0.4 is 11.1 Å². The lowest BCUT2D eigenvalue weighted by atomic mass is 10.2. The van der Waals surface area contributed by atoms with Crippen molar-refractivity contribution in [3.05, 3.63) is 60.9 Å². The molecule has 0 saturated carbocycles. The van der Waals surface area contributed by atoms with Crippen LogP contribution in [0.4, 0.5) is 17.3 Å². The molecule has 3 N–H and O–H groups in total. The molecule has 0 aliphatic carbocycles. The smallest absolute Gasteiger partial charge is 0.230 e. The zero-order chi connectivity index (χ0) is 13.8. The van der Waals surface area contributed by atoms with Gasteiger partial charge in [0, 0.05) is 16.9 Å². The van der Waals surface area contributed by atoms with Crippen LogP contribution in [0, 0.1) is 0 Å². The van der Waals surface area contributed by atoms with Crippen molar-refractivity contribution in [2.24, 2.45) is 0 Å². The van der Waals surface area contributed by atoms with E-state index >= 15 is 0 Å². The lowest BCUT2D eigenvalue weighted by molar-refractivity contribution is 1.06. The third kappa shape index (κ3) is 2.72. The van der Waals surface area contributed by atoms with Gasteiger partial charge in [0.05, 0.1) is 0 Å². The molecular weight excluding hydrogens is 250 g/mol. The average molecular weight is 263 g/mol. The monoisotopic (exact) mass is 263 g/mol. The molecule has 0 fully saturated rings. The summed E-state index contributed by atoms with van der Waals surface area (Å²) in [6.45, 7) is 0. The molecule has 1 aromatic heterocycles. The minimum atomic E-state index is 0.503. The Balaban J connectivity index is 1.86. The first-order valence-corrected chi connectivity index (χ1v) is 6.18. The molecule has 5 nitrogen and oxygen atoms in total. The summed E-state index contributed by atoms with van der Waals surface area (Å²) in [7, 11) is 0. The van der Waals surface area contributed by atoms with E-state index in [1.807, 2.05) is 54.6 Å². The second-order valence-corrected chi connectivity index (χ2v) is 4.25. The van der Waals surface area contributed by atoms with Gasteiger partial charge in [0.2, 0.25) is 5.95 Å². The lowest BCUT2D eigenvalue weighted by Crippen LogP contribution is -2.00. The van der Waals surface area contributed by atoms with Crippen molar-refractivity contribution in [1.82, 2.24) is 15.0 Å². The van der Waals surface area contributed by atoms with E-state index in [1.165, 1.54) is 6.33 Å². The maximum Gasteiger partial charge on any atom is 0.230 e. The van der Waals surface area contributed by atoms with Crippen molar-refractivity contribution in [2.75, 3.05) is 11.1 Å². The Kier molecular flexibility index (Phi) is 3.24. The Morgan fingerprint density at radius 2 is 1.60 bits per heavy atom. The Morgan fingerprint density at radius 1 is 0.850 bits per heavy atom. The molecule has 0 saturated heterocycles. The molecule has 0 spiro atoms. The number of benzene rings is 2. The number of nitrogens with one attached hydrogen (secondary N) is 1. The molecule has 0 aliphatic heterocycles. The van der Waals surface area contributed by atoms with Gasteiger partial charge >= 0.3 is 0 Å². The van der Waals surface area contributed by atoms with Crippen LogP contribution in [0.25, 0.3) is 11.4 Å². The molecule has 0 amide bonds. The van der Waals surface area contributed by atoms with Gasteiger partial charge in [-0.3, -0.25) is 0 Å². The van der Waals surface area contributed by atoms with Crippen LogP contribution in [0.5, 0.6) is 0 Å². The van der Waals surface area contributed by atoms with Gasteiger partial charge in [0.25, 0.3) is 0 Å². The van der Waals surface area contributed by atoms with Gasteiger partial charge in [0.1, 0.15) is 6.33 Å². The Morgan fingerprint density at radius 3 is 2.35 bits per heavy atom. The van der Waals surface area contributed by atoms with Crippen LogP contribution in [-0.2, 0) is 0 Å². The summed E-state index contributed by atoms with van der Waals surface area (Å²) < 4.78 is 0. The zero-order valence-corrected chi connectivity index (χ0v) is 10.7. The van der Waals surface area contributed by atoms with E-state index < -0.39 is 0 Å². The number of hydrogen-bond donors (Lipinski definition) is 2. The summed E-state index contributed by atoms with van der Waals surface area (Å²) >= 11 is 0. The molecule has 2 aromatic carbocycles. The molecule has 0 unspecified atom stereocenters. The third-order valence-electron chi connectivity index (χ3n) is 2.77. The molecule has 0 radical (unpaired) electrons. The fourth-order valence-electron chi connectivity index (χ4n) is 1.78. The summed E-state index contributed by atoms with van der Waals surface area (Å²) in [5.41, 5.74) is 8.20. The number of aromatic nitrogens is 3. The Hall–Kier alpha value is -2.95. The van der Waals surface area contributed by atoms with Crippen LogP contribution in [-0.4, -0.2) is 15.0 Å². The maximum absolute atomic E-state index is 5.65. The highest BCUT2D eigenvalue weighted by atomic mass is 15.1. The van der Waals surface area contributed by atoms with Gasteiger partial charge in [-0.1, -0.05) is 30.3 Å². The van der Waals surface area contributed by atoms with Crippen molar-refractivity contribution in [3.63, 3.8) is 0 Å². The number of anilines is 3. The standard InChI is InChI=1S/C15H13N5/c16-12-6-8-13(9-7-12)19-15-18-10-17-14(20-15)11-4-2-1-3-5-11/h1-10H,16H2,(H,17,18,19,20). The third-order valence-corrected chi connectivity index (χ3v) is 2.77. The van der Waals surface area contributed by atoms with Crippen molar-refractivity contribution >= 4 is 17.3 Å². The van der Waals surface area contributed by atoms with E-state index in [-0.39, 0.29) is 0 Å². The van der Waals surface area contributed by atoms with E-state index in [0.29, 0.717) is 11.8 Å². The molecule has 5 heteroatoms. The summed E-state index contributed by atoms with van der Waals surface area (Å²) in [4.78, 5) is 12.7. The molecule has 1 heterocycles. The van der Waals surface area contributed by atoms with Crippen LogP contribution in [0.3, 0.4) is 0 Å². The molecule has 3 aromatic rings. The maximum atomic E-state index is 5.65. The van der Waals surface area contributed by atoms with Crippen molar-refractivity contribution in [2.45, 2.75) is 0 Å². The highest BCUT2D eigenvalue weighted by Crippen LogP contribution is 2.17. The number of nitrogens with zero attached hydrogens (tertiary/aromatic N) is 3. The van der Waals surface area contributed by atoms with Crippen LogP contribution in [0.15, 0.2) is 60.9 Å². The number of hydrogen-bond acceptors (Lipinski definition) is 5. The minimum Gasteiger partial charge on any atom is -0.399 e. The lowest BCUT2D eigenvalue weighted by Gasteiger charge is -2.06. The fourth-order valence-corrected chi connectivity index (χ4v) is 1.78. The van der Waals surface area contributed by atoms with E-state index in [4.69, 9.17) is 5.73 Å². The van der Waals surface area contributed by atoms with Crippen LogP contribution in [0.2, 0.25) is 0 Å². The molecule has 98 valence electrons.